The van der Waals surface area contributed by atoms with Gasteiger partial charge in [-0.3, -0.25) is 0 Å². The molecule has 21 rings (SSSR count). The van der Waals surface area contributed by atoms with Crippen LogP contribution in [0.2, 0.25) is 0 Å². The molecule has 0 saturated heterocycles. The number of rotatable bonds is 5. The number of furan rings is 4. The molecule has 0 N–H and O–H groups in total. The Labute approximate surface area is 549 Å². The zero-order valence-electron chi connectivity index (χ0n) is 51.9. The monoisotopic (exact) mass is 1220 g/mol. The van der Waals surface area contributed by atoms with Crippen molar-refractivity contribution in [2.24, 2.45) is 0 Å². The Morgan fingerprint density at radius 1 is 0.219 bits per heavy atom. The largest absolute Gasteiger partial charge is 0.456 e. The molecule has 0 aliphatic heterocycles. The van der Waals surface area contributed by atoms with Crippen molar-refractivity contribution in [1.82, 2.24) is 0 Å². The molecule has 0 spiro atoms. The van der Waals surface area contributed by atoms with E-state index in [0.29, 0.717) is 0 Å². The molecule has 4 nitrogen and oxygen atoms in total. The molecule has 446 valence electrons. The highest BCUT2D eigenvalue weighted by Gasteiger charge is 2.25. The molecule has 16 aromatic carbocycles. The van der Waals surface area contributed by atoms with Crippen molar-refractivity contribution in [2.75, 3.05) is 0 Å². The van der Waals surface area contributed by atoms with Gasteiger partial charge in [-0.25, -0.2) is 0 Å². The van der Waals surface area contributed by atoms with E-state index in [1.165, 1.54) is 81.4 Å². The number of hydrogen-bond acceptors (Lipinski definition) is 4. The maximum absolute atomic E-state index is 7.12. The van der Waals surface area contributed by atoms with Crippen LogP contribution < -0.4 is 10.4 Å². The molecule has 0 saturated carbocycles. The number of fused-ring (bicyclic) bond motifs is 23. The van der Waals surface area contributed by atoms with Crippen LogP contribution in [0.4, 0.5) is 0 Å². The van der Waals surface area contributed by atoms with E-state index in [4.69, 9.17) is 17.7 Å². The smallest absolute Gasteiger partial charge is 0.147 e. The van der Waals surface area contributed by atoms with E-state index >= 15 is 0 Å². The molecular weight excluding hydrogens is 1170 g/mol. The lowest BCUT2D eigenvalue weighted by molar-refractivity contribution is 0.665. The van der Waals surface area contributed by atoms with Crippen molar-refractivity contribution in [3.63, 3.8) is 0 Å². The van der Waals surface area contributed by atoms with Gasteiger partial charge in [0.1, 0.15) is 44.7 Å². The summed E-state index contributed by atoms with van der Waals surface area (Å²) in [4.78, 5) is 0. The average molecular weight is 1220 g/mol. The van der Waals surface area contributed by atoms with E-state index in [2.05, 4.69) is 291 Å². The quantitative estimate of drug-likeness (QED) is 0.161. The van der Waals surface area contributed by atoms with E-state index < -0.39 is 0 Å². The highest BCUT2D eigenvalue weighted by atomic mass is 16.3. The van der Waals surface area contributed by atoms with Gasteiger partial charge in [0.05, 0.1) is 5.39 Å². The molecule has 4 heterocycles. The molecular formula is C92H54O4. The van der Waals surface area contributed by atoms with Crippen molar-refractivity contribution >= 4 is 164 Å². The Morgan fingerprint density at radius 3 is 1.45 bits per heavy atom. The highest BCUT2D eigenvalue weighted by Crippen LogP contribution is 2.50. The topological polar surface area (TPSA) is 52.6 Å². The van der Waals surface area contributed by atoms with Crippen molar-refractivity contribution < 1.29 is 17.7 Å². The Hall–Kier alpha value is -12.5. The molecule has 1 aliphatic carbocycles. The summed E-state index contributed by atoms with van der Waals surface area (Å²) in [6, 6.07) is 102. The zero-order valence-corrected chi connectivity index (χ0v) is 51.9. The number of hydrogen-bond donors (Lipinski definition) is 0. The van der Waals surface area contributed by atoms with Gasteiger partial charge in [-0.2, -0.15) is 0 Å². The summed E-state index contributed by atoms with van der Waals surface area (Å²) in [5.74, 6) is 0. The molecule has 1 aliphatic rings. The minimum atomic E-state index is 0.823. The van der Waals surface area contributed by atoms with Crippen LogP contribution in [0, 0.1) is 0 Å². The van der Waals surface area contributed by atoms with Crippen molar-refractivity contribution in [3.8, 4) is 33.4 Å². The lowest BCUT2D eigenvalue weighted by Crippen LogP contribution is -2.29. The van der Waals surface area contributed by atoms with Gasteiger partial charge < -0.3 is 17.7 Å². The summed E-state index contributed by atoms with van der Waals surface area (Å²) in [5.41, 5.74) is 18.5. The lowest BCUT2D eigenvalue weighted by atomic mass is 9.85. The summed E-state index contributed by atoms with van der Waals surface area (Å²) >= 11 is 0. The molecule has 96 heavy (non-hydrogen) atoms. The first-order valence-corrected chi connectivity index (χ1v) is 33.2. The second-order valence-electron chi connectivity index (χ2n) is 25.9. The Bertz CT molecular complexity index is 6960. The third-order valence-electron chi connectivity index (χ3n) is 20.6. The summed E-state index contributed by atoms with van der Waals surface area (Å²) in [6.45, 7) is 0. The second-order valence-corrected chi connectivity index (χ2v) is 25.9. The van der Waals surface area contributed by atoms with Gasteiger partial charge in [-0.15, -0.1) is 0 Å². The highest BCUT2D eigenvalue weighted by molar-refractivity contribution is 6.34. The van der Waals surface area contributed by atoms with Crippen LogP contribution in [0.25, 0.3) is 197 Å². The Kier molecular flexibility index (Phi) is 11.3. The van der Waals surface area contributed by atoms with Crippen LogP contribution in [0.3, 0.4) is 0 Å². The van der Waals surface area contributed by atoms with Crippen LogP contribution in [-0.4, -0.2) is 0 Å². The van der Waals surface area contributed by atoms with Crippen molar-refractivity contribution in [2.45, 2.75) is 12.8 Å². The number of para-hydroxylation sites is 2. The van der Waals surface area contributed by atoms with Crippen LogP contribution >= 0.6 is 0 Å². The predicted octanol–water partition coefficient (Wildman–Crippen LogP) is 24.5. The lowest BCUT2D eigenvalue weighted by Gasteiger charge is -2.18. The molecule has 0 fully saturated rings. The average Bonchev–Trinajstić information content (AvgIpc) is 1.50. The van der Waals surface area contributed by atoms with E-state index in [1.54, 1.807) is 0 Å². The maximum atomic E-state index is 7.12. The first-order valence-electron chi connectivity index (χ1n) is 33.2. The van der Waals surface area contributed by atoms with Gasteiger partial charge in [0.25, 0.3) is 0 Å². The molecule has 4 heteroatoms. The van der Waals surface area contributed by atoms with Gasteiger partial charge in [-0.05, 0) is 206 Å². The Morgan fingerprint density at radius 2 is 0.698 bits per heavy atom. The van der Waals surface area contributed by atoms with Gasteiger partial charge >= 0.3 is 0 Å². The van der Waals surface area contributed by atoms with E-state index in [1.807, 2.05) is 12.1 Å². The summed E-state index contributed by atoms with van der Waals surface area (Å²) in [7, 11) is 0. The molecule has 0 amide bonds. The van der Waals surface area contributed by atoms with Gasteiger partial charge in [0, 0.05) is 48.5 Å². The van der Waals surface area contributed by atoms with Gasteiger partial charge in [-0.1, -0.05) is 231 Å². The number of allylic oxidation sites excluding steroid dienone is 4. The number of benzene rings is 16. The van der Waals surface area contributed by atoms with Crippen LogP contribution in [0.5, 0.6) is 0 Å². The molecule has 0 atom stereocenters. The summed E-state index contributed by atoms with van der Waals surface area (Å²) < 4.78 is 27.5. The summed E-state index contributed by atoms with van der Waals surface area (Å²) in [5, 5.41) is 24.8. The van der Waals surface area contributed by atoms with Crippen molar-refractivity contribution in [1.29, 1.82) is 0 Å². The van der Waals surface area contributed by atoms with E-state index in [9.17, 15) is 0 Å². The first kappa shape index (κ1) is 53.1. The fourth-order valence-corrected chi connectivity index (χ4v) is 16.2. The predicted molar refractivity (Wildman–Crippen MR) is 402 cm³/mol. The maximum Gasteiger partial charge on any atom is 0.147 e. The fraction of sp³-hybridized carbons (Fsp3) is 0.0217. The molecule has 4 aromatic heterocycles. The summed E-state index contributed by atoms with van der Waals surface area (Å²) in [6.07, 6.45) is 11.2. The Balaban J connectivity index is 0.690. The van der Waals surface area contributed by atoms with Gasteiger partial charge in [0.2, 0.25) is 0 Å². The van der Waals surface area contributed by atoms with E-state index in [0.717, 1.165) is 150 Å². The molecule has 0 bridgehead atoms. The molecule has 0 unspecified atom stereocenters. The normalized spacial score (nSPS) is 14.7. The molecule has 20 aromatic rings. The zero-order chi connectivity index (χ0) is 62.7. The standard InChI is InChI=1S/C92H54O4/c1-2-4-22-65(75-51-78-67-26-16-18-34-82(67)94-90(78)79-52-85-77(50-76(75)79)66-25-15-17-33-81(66)93-85)64-24-8-7-23-63(64)62(21-3-1)59-39-38-55-45-56(36-37-57(55)46-59)58-42-44-83-80(48-58)88-72-31-13-14-32-73(72)91-89(92(88)95-83)74-43-41-61(49-84(74)96-91)87-70-29-11-9-27-68(70)86(69-28-10-12-30-71(69)87)60-40-35-53-19-5-6-20-54(53)47-60/h3-52H,1-2H2/b21-3?,22-4+,63-62+,65-64+. The second kappa shape index (κ2) is 20.5. The first-order chi connectivity index (χ1) is 47.6. The van der Waals surface area contributed by atoms with Gasteiger partial charge in [0.15, 0.2) is 0 Å². The minimum absolute atomic E-state index is 0.823. The van der Waals surface area contributed by atoms with Crippen LogP contribution in [-0.2, 0) is 0 Å². The molecule has 0 radical (unpaired) electrons. The SMILES string of the molecule is C1=C/C(c2ccc3cc(-c4ccc5oc6c(c5c4)c4ccccc4c4oc5cc(-c7c8ccccc8c(-c8ccc9ccccc9c8)c8ccccc78)ccc5c46)ccc3c2)=c2/cccc/c2=C(c2cc3c4ccccc4oc3c3cc4oc5ccccc5c4cc23)/C=C/CC1. The third kappa shape index (κ3) is 7.90. The van der Waals surface area contributed by atoms with Crippen molar-refractivity contribution in [3.05, 3.63) is 325 Å². The van der Waals surface area contributed by atoms with Crippen LogP contribution in [0.15, 0.2) is 321 Å². The van der Waals surface area contributed by atoms with E-state index in [-0.39, 0.29) is 0 Å². The third-order valence-corrected chi connectivity index (χ3v) is 20.6. The minimum Gasteiger partial charge on any atom is -0.456 e. The fourth-order valence-electron chi connectivity index (χ4n) is 16.2. The van der Waals surface area contributed by atoms with Crippen LogP contribution in [0.1, 0.15) is 24.0 Å².